The summed E-state index contributed by atoms with van der Waals surface area (Å²) in [6.45, 7) is 4.96. The number of aromatic nitrogens is 3. The maximum absolute atomic E-state index is 13.5. The molecule has 9 heteroatoms. The highest BCUT2D eigenvalue weighted by atomic mass is 19.4. The van der Waals surface area contributed by atoms with Crippen LogP contribution in [0.15, 0.2) is 35.3 Å². The van der Waals surface area contributed by atoms with E-state index in [4.69, 9.17) is 0 Å². The minimum atomic E-state index is -4.83. The number of nitrogens with zero attached hydrogens (tertiary/aromatic N) is 3. The third-order valence-corrected chi connectivity index (χ3v) is 5.50. The zero-order valence-electron chi connectivity index (χ0n) is 17.3. The number of nitrogens with one attached hydrogen (secondary N) is 1. The Hall–Kier alpha value is -2.94. The second-order valence-electron chi connectivity index (χ2n) is 7.89. The number of halogens is 3. The lowest BCUT2D eigenvalue weighted by Gasteiger charge is -2.24. The van der Waals surface area contributed by atoms with E-state index in [0.717, 1.165) is 25.9 Å². The first-order valence-corrected chi connectivity index (χ1v) is 10.1. The predicted octanol–water partition coefficient (Wildman–Crippen LogP) is 3.82. The van der Waals surface area contributed by atoms with E-state index in [9.17, 15) is 18.0 Å². The van der Waals surface area contributed by atoms with Crippen molar-refractivity contribution in [2.45, 2.75) is 45.5 Å². The zero-order chi connectivity index (χ0) is 22.2. The number of hydrogen-bond donors (Lipinski definition) is 1. The average Bonchev–Trinajstić information content (AvgIpc) is 2.71. The second-order valence-corrected chi connectivity index (χ2v) is 7.89. The quantitative estimate of drug-likeness (QED) is 0.679. The molecule has 1 aromatic carbocycles. The van der Waals surface area contributed by atoms with Gasteiger partial charge in [0.1, 0.15) is 11.3 Å². The lowest BCUT2D eigenvalue weighted by Crippen LogP contribution is -2.32. The molecule has 0 spiro atoms. The molecule has 164 valence electrons. The zero-order valence-corrected chi connectivity index (χ0v) is 17.3. The molecule has 3 aromatic rings. The molecule has 1 N–H and O–H groups in total. The molecule has 1 fully saturated rings. The van der Waals surface area contributed by atoms with E-state index in [1.165, 1.54) is 10.6 Å². The summed E-state index contributed by atoms with van der Waals surface area (Å²) in [7, 11) is 0. The van der Waals surface area contributed by atoms with Gasteiger partial charge in [-0.3, -0.25) is 14.3 Å². The summed E-state index contributed by atoms with van der Waals surface area (Å²) in [6, 6.07) is 6.34. The Morgan fingerprint density at radius 1 is 1.19 bits per heavy atom. The van der Waals surface area contributed by atoms with Crippen molar-refractivity contribution in [3.63, 3.8) is 0 Å². The van der Waals surface area contributed by atoms with Crippen molar-refractivity contribution in [3.8, 4) is 5.75 Å². The molecule has 1 saturated heterocycles. The number of pyridine rings is 1. The van der Waals surface area contributed by atoms with Crippen LogP contribution in [-0.2, 0) is 6.54 Å². The second kappa shape index (κ2) is 8.30. The topological polar surface area (TPSA) is 69.0 Å². The number of fused-ring (bicyclic) bond motifs is 1. The highest BCUT2D eigenvalue weighted by Crippen LogP contribution is 2.29. The van der Waals surface area contributed by atoms with Gasteiger partial charge in [0, 0.05) is 17.3 Å². The van der Waals surface area contributed by atoms with Crippen molar-refractivity contribution in [3.05, 3.63) is 63.2 Å². The van der Waals surface area contributed by atoms with E-state index in [2.05, 4.69) is 20.0 Å². The molecule has 2 aromatic heterocycles. The Morgan fingerprint density at radius 3 is 2.65 bits per heavy atom. The van der Waals surface area contributed by atoms with Crippen LogP contribution in [-0.4, -0.2) is 34.0 Å². The third kappa shape index (κ3) is 4.71. The number of benzene rings is 1. The van der Waals surface area contributed by atoms with Gasteiger partial charge in [0.15, 0.2) is 5.65 Å². The molecule has 4 rings (SSSR count). The first-order chi connectivity index (χ1) is 14.7. The van der Waals surface area contributed by atoms with Gasteiger partial charge < -0.3 is 10.1 Å². The van der Waals surface area contributed by atoms with Crippen LogP contribution in [0.2, 0.25) is 0 Å². The summed E-state index contributed by atoms with van der Waals surface area (Å²) in [5, 5.41) is 3.28. The number of aryl methyl sites for hydroxylation is 2. The molecule has 6 nitrogen and oxygen atoms in total. The molecular formula is C22H23F3N4O2. The van der Waals surface area contributed by atoms with Crippen LogP contribution in [0.4, 0.5) is 13.2 Å². The molecule has 0 atom stereocenters. The van der Waals surface area contributed by atoms with E-state index in [1.807, 2.05) is 0 Å². The fraction of sp³-hybridized carbons (Fsp3) is 0.409. The van der Waals surface area contributed by atoms with E-state index >= 15 is 0 Å². The Kier molecular flexibility index (Phi) is 5.70. The van der Waals surface area contributed by atoms with Gasteiger partial charge >= 0.3 is 6.36 Å². The Balaban J connectivity index is 1.86. The van der Waals surface area contributed by atoms with Crippen LogP contribution in [0.1, 0.15) is 41.1 Å². The monoisotopic (exact) mass is 432 g/mol. The molecule has 1 aliphatic rings. The molecule has 0 unspecified atom stereocenters. The Labute approximate surface area is 177 Å². The SMILES string of the molecule is Cc1ccc(Cn2c(=O)c(C3CCNCC3)cc3ncc(C)nc32)c(OC(F)(F)F)c1. The van der Waals surface area contributed by atoms with E-state index in [1.54, 1.807) is 38.2 Å². The average molecular weight is 432 g/mol. The largest absolute Gasteiger partial charge is 0.573 e. The molecule has 31 heavy (non-hydrogen) atoms. The van der Waals surface area contributed by atoms with E-state index in [0.29, 0.717) is 28.0 Å². The summed E-state index contributed by atoms with van der Waals surface area (Å²) >= 11 is 0. The normalized spacial score (nSPS) is 15.4. The van der Waals surface area contributed by atoms with Crippen LogP contribution >= 0.6 is 0 Å². The van der Waals surface area contributed by atoms with Crippen LogP contribution in [0.5, 0.6) is 5.75 Å². The summed E-state index contributed by atoms with van der Waals surface area (Å²) in [5.74, 6) is -0.253. The van der Waals surface area contributed by atoms with Crippen LogP contribution in [0, 0.1) is 13.8 Å². The molecule has 0 amide bonds. The number of piperidine rings is 1. The lowest BCUT2D eigenvalue weighted by atomic mass is 9.91. The van der Waals surface area contributed by atoms with Crippen molar-refractivity contribution in [2.75, 3.05) is 13.1 Å². The van der Waals surface area contributed by atoms with Gasteiger partial charge in [-0.25, -0.2) is 4.98 Å². The fourth-order valence-electron chi connectivity index (χ4n) is 3.99. The van der Waals surface area contributed by atoms with Gasteiger partial charge in [0.25, 0.3) is 5.56 Å². The summed E-state index contributed by atoms with van der Waals surface area (Å²) < 4.78 is 44.6. The first-order valence-electron chi connectivity index (χ1n) is 10.1. The third-order valence-electron chi connectivity index (χ3n) is 5.50. The van der Waals surface area contributed by atoms with Crippen molar-refractivity contribution < 1.29 is 17.9 Å². The maximum Gasteiger partial charge on any atom is 0.573 e. The molecule has 0 saturated carbocycles. The number of hydrogen-bond acceptors (Lipinski definition) is 5. The molecule has 3 heterocycles. The van der Waals surface area contributed by atoms with Crippen LogP contribution < -0.4 is 15.6 Å². The van der Waals surface area contributed by atoms with Crippen molar-refractivity contribution in [1.29, 1.82) is 0 Å². The van der Waals surface area contributed by atoms with Gasteiger partial charge in [-0.05, 0) is 63.4 Å². The number of rotatable bonds is 4. The number of alkyl halides is 3. The van der Waals surface area contributed by atoms with Gasteiger partial charge in [-0.1, -0.05) is 12.1 Å². The maximum atomic E-state index is 13.5. The molecule has 0 aliphatic carbocycles. The molecular weight excluding hydrogens is 409 g/mol. The molecule has 0 radical (unpaired) electrons. The number of ether oxygens (including phenoxy) is 1. The minimum absolute atomic E-state index is 0.0661. The highest BCUT2D eigenvalue weighted by Gasteiger charge is 2.32. The van der Waals surface area contributed by atoms with Crippen molar-refractivity contribution in [1.82, 2.24) is 19.9 Å². The summed E-state index contributed by atoms with van der Waals surface area (Å²) in [5.41, 5.74) is 2.75. The highest BCUT2D eigenvalue weighted by molar-refractivity contribution is 5.71. The first kappa shape index (κ1) is 21.3. The summed E-state index contributed by atoms with van der Waals surface area (Å²) in [6.07, 6.45) is -1.59. The standard InChI is InChI=1S/C22H23F3N4O2/c1-13-3-4-16(19(9-13)31-22(23,24)25)12-29-20-18(27-11-14(2)28-20)10-17(21(29)30)15-5-7-26-8-6-15/h3-4,9-11,15,26H,5-8,12H2,1-2H3. The van der Waals surface area contributed by atoms with Gasteiger partial charge in [-0.2, -0.15) is 0 Å². The van der Waals surface area contributed by atoms with E-state index in [-0.39, 0.29) is 29.3 Å². The molecule has 1 aliphatic heterocycles. The van der Waals surface area contributed by atoms with Crippen LogP contribution in [0.3, 0.4) is 0 Å². The molecule has 0 bridgehead atoms. The lowest BCUT2D eigenvalue weighted by molar-refractivity contribution is -0.274. The predicted molar refractivity (Wildman–Crippen MR) is 110 cm³/mol. The van der Waals surface area contributed by atoms with Gasteiger partial charge in [0.2, 0.25) is 0 Å². The van der Waals surface area contributed by atoms with Gasteiger partial charge in [-0.15, -0.1) is 13.2 Å². The fourth-order valence-corrected chi connectivity index (χ4v) is 3.99. The smallest absolute Gasteiger partial charge is 0.405 e. The van der Waals surface area contributed by atoms with Crippen molar-refractivity contribution >= 4 is 11.2 Å². The van der Waals surface area contributed by atoms with Gasteiger partial charge in [0.05, 0.1) is 12.2 Å². The van der Waals surface area contributed by atoms with Crippen molar-refractivity contribution in [2.24, 2.45) is 0 Å². The van der Waals surface area contributed by atoms with E-state index < -0.39 is 6.36 Å². The summed E-state index contributed by atoms with van der Waals surface area (Å²) in [4.78, 5) is 22.4. The minimum Gasteiger partial charge on any atom is -0.405 e. The Bertz CT molecular complexity index is 1170. The Morgan fingerprint density at radius 2 is 1.94 bits per heavy atom. The van der Waals surface area contributed by atoms with Crippen LogP contribution in [0.25, 0.3) is 11.2 Å².